The van der Waals surface area contributed by atoms with Crippen molar-refractivity contribution in [3.63, 3.8) is 0 Å². The van der Waals surface area contributed by atoms with Crippen LogP contribution in [-0.4, -0.2) is 41.1 Å². The molecule has 0 atom stereocenters. The van der Waals surface area contributed by atoms with Crippen LogP contribution in [0.4, 0.5) is 17.3 Å². The molecule has 1 fully saturated rings. The number of anilines is 2. The zero-order chi connectivity index (χ0) is 14.7. The van der Waals surface area contributed by atoms with Gasteiger partial charge in [0.15, 0.2) is 0 Å². The van der Waals surface area contributed by atoms with Crippen LogP contribution >= 0.6 is 0 Å². The number of nitrogens with zero attached hydrogens (tertiary/aromatic N) is 5. The molecule has 3 heterocycles. The lowest BCUT2D eigenvalue weighted by Gasteiger charge is -2.29. The van der Waals surface area contributed by atoms with Gasteiger partial charge in [0.1, 0.15) is 6.33 Å². The molecule has 0 aromatic carbocycles. The lowest BCUT2D eigenvalue weighted by molar-refractivity contribution is -0.383. The maximum Gasteiger partial charge on any atom is 0.353 e. The number of hydrogen-bond acceptors (Lipinski definition) is 6. The van der Waals surface area contributed by atoms with Crippen LogP contribution in [0.15, 0.2) is 18.5 Å². The van der Waals surface area contributed by atoms with Gasteiger partial charge in [-0.3, -0.25) is 10.1 Å². The van der Waals surface area contributed by atoms with E-state index < -0.39 is 0 Å². The molecule has 0 N–H and O–H groups in total. The van der Waals surface area contributed by atoms with Crippen molar-refractivity contribution in [2.45, 2.75) is 25.7 Å². The molecular formula is C14H19N5O2. The Morgan fingerprint density at radius 2 is 1.71 bits per heavy atom. The summed E-state index contributed by atoms with van der Waals surface area (Å²) in [6, 6.07) is 0. The largest absolute Gasteiger partial charge is 0.353 e. The number of piperidine rings is 1. The molecule has 0 aliphatic carbocycles. The van der Waals surface area contributed by atoms with E-state index in [0.29, 0.717) is 18.2 Å². The first-order valence-corrected chi connectivity index (χ1v) is 7.41. The van der Waals surface area contributed by atoms with Gasteiger partial charge in [0, 0.05) is 26.2 Å². The van der Waals surface area contributed by atoms with Crippen LogP contribution in [0, 0.1) is 10.1 Å². The monoisotopic (exact) mass is 289 g/mol. The minimum Gasteiger partial charge on any atom is -0.351 e. The van der Waals surface area contributed by atoms with Crippen molar-refractivity contribution in [3.8, 4) is 0 Å². The van der Waals surface area contributed by atoms with Gasteiger partial charge >= 0.3 is 5.69 Å². The molecule has 112 valence electrons. The van der Waals surface area contributed by atoms with Gasteiger partial charge in [-0.2, -0.15) is 0 Å². The molecule has 0 amide bonds. The van der Waals surface area contributed by atoms with Crippen LogP contribution in [0.2, 0.25) is 0 Å². The minimum atomic E-state index is -0.336. The van der Waals surface area contributed by atoms with Gasteiger partial charge in [-0.1, -0.05) is 12.2 Å². The smallest absolute Gasteiger partial charge is 0.351 e. The number of hydrogen-bond donors (Lipinski definition) is 0. The highest BCUT2D eigenvalue weighted by molar-refractivity contribution is 5.71. The molecule has 2 aliphatic heterocycles. The van der Waals surface area contributed by atoms with Gasteiger partial charge < -0.3 is 9.80 Å². The molecule has 2 aliphatic rings. The molecule has 0 radical (unpaired) electrons. The van der Waals surface area contributed by atoms with E-state index in [0.717, 1.165) is 38.9 Å². The summed E-state index contributed by atoms with van der Waals surface area (Å²) in [6.45, 7) is 3.08. The third-order valence-corrected chi connectivity index (χ3v) is 3.98. The van der Waals surface area contributed by atoms with Crippen LogP contribution in [-0.2, 0) is 0 Å². The average molecular weight is 289 g/mol. The molecule has 0 bridgehead atoms. The van der Waals surface area contributed by atoms with E-state index in [2.05, 4.69) is 16.0 Å². The molecule has 7 nitrogen and oxygen atoms in total. The van der Waals surface area contributed by atoms with Crippen molar-refractivity contribution in [1.29, 1.82) is 0 Å². The Kier molecular flexibility index (Phi) is 3.98. The summed E-state index contributed by atoms with van der Waals surface area (Å²) in [7, 11) is 0. The number of rotatable bonds is 3. The third-order valence-electron chi connectivity index (χ3n) is 3.98. The summed E-state index contributed by atoms with van der Waals surface area (Å²) < 4.78 is 0. The summed E-state index contributed by atoms with van der Waals surface area (Å²) in [5.74, 6) is 0.916. The Hall–Kier alpha value is -2.18. The highest BCUT2D eigenvalue weighted by atomic mass is 16.6. The van der Waals surface area contributed by atoms with Crippen molar-refractivity contribution < 1.29 is 4.92 Å². The predicted octanol–water partition coefficient (Wildman–Crippen LogP) is 2.14. The van der Waals surface area contributed by atoms with Crippen molar-refractivity contribution in [1.82, 2.24) is 9.97 Å². The zero-order valence-electron chi connectivity index (χ0n) is 11.9. The molecule has 0 unspecified atom stereocenters. The maximum atomic E-state index is 11.6. The minimum absolute atomic E-state index is 0.0506. The number of nitro groups is 1. The topological polar surface area (TPSA) is 75.4 Å². The highest BCUT2D eigenvalue weighted by Gasteiger charge is 2.30. The van der Waals surface area contributed by atoms with Crippen LogP contribution in [0.5, 0.6) is 0 Å². The molecule has 0 spiro atoms. The summed E-state index contributed by atoms with van der Waals surface area (Å²) in [5, 5.41) is 11.6. The quantitative estimate of drug-likeness (QED) is 0.482. The van der Waals surface area contributed by atoms with Crippen molar-refractivity contribution in [2.75, 3.05) is 36.0 Å². The molecule has 1 aromatic heterocycles. The normalized spacial score (nSPS) is 18.9. The molecule has 1 saturated heterocycles. The second-order valence-electron chi connectivity index (χ2n) is 5.38. The Labute approximate surface area is 123 Å². The van der Waals surface area contributed by atoms with Crippen LogP contribution in [0.1, 0.15) is 25.7 Å². The fourth-order valence-corrected chi connectivity index (χ4v) is 2.93. The summed E-state index contributed by atoms with van der Waals surface area (Å²) in [5.41, 5.74) is 0.0506. The molecule has 0 saturated carbocycles. The van der Waals surface area contributed by atoms with E-state index >= 15 is 0 Å². The number of aromatic nitrogens is 2. The molecule has 21 heavy (non-hydrogen) atoms. The summed E-state index contributed by atoms with van der Waals surface area (Å²) in [4.78, 5) is 23.6. The second-order valence-corrected chi connectivity index (χ2v) is 5.38. The Morgan fingerprint density at radius 3 is 2.33 bits per heavy atom. The van der Waals surface area contributed by atoms with E-state index in [1.54, 1.807) is 0 Å². The van der Waals surface area contributed by atoms with E-state index in [9.17, 15) is 10.1 Å². The van der Waals surface area contributed by atoms with E-state index in [4.69, 9.17) is 0 Å². The second kappa shape index (κ2) is 6.07. The Morgan fingerprint density at radius 1 is 1.00 bits per heavy atom. The van der Waals surface area contributed by atoms with Gasteiger partial charge in [0.05, 0.1) is 4.92 Å². The lowest BCUT2D eigenvalue weighted by Crippen LogP contribution is -2.33. The summed E-state index contributed by atoms with van der Waals surface area (Å²) >= 11 is 0. The first-order chi connectivity index (χ1) is 10.3. The molecule has 1 aromatic rings. The van der Waals surface area contributed by atoms with Crippen LogP contribution in [0.3, 0.4) is 0 Å². The Bertz CT molecular complexity index is 554. The standard InChI is InChI=1S/C14H19N5O2/c20-19(21)12-13(17-7-3-1-4-8-17)15-11-16-14(12)18-9-5-2-6-10-18/h1,3,11H,2,4-10H2. The van der Waals surface area contributed by atoms with Crippen molar-refractivity contribution >= 4 is 17.3 Å². The maximum absolute atomic E-state index is 11.6. The van der Waals surface area contributed by atoms with Crippen LogP contribution in [0.25, 0.3) is 0 Å². The lowest BCUT2D eigenvalue weighted by atomic mass is 10.1. The van der Waals surface area contributed by atoms with E-state index in [1.807, 2.05) is 15.9 Å². The average Bonchev–Trinajstić information content (AvgIpc) is 2.55. The van der Waals surface area contributed by atoms with Crippen LogP contribution < -0.4 is 9.80 Å². The van der Waals surface area contributed by atoms with E-state index in [1.165, 1.54) is 12.7 Å². The van der Waals surface area contributed by atoms with Crippen molar-refractivity contribution in [2.24, 2.45) is 0 Å². The molecule has 7 heteroatoms. The predicted molar refractivity (Wildman–Crippen MR) is 80.7 cm³/mol. The fraction of sp³-hybridized carbons (Fsp3) is 0.571. The Balaban J connectivity index is 1.99. The van der Waals surface area contributed by atoms with E-state index in [-0.39, 0.29) is 10.6 Å². The third kappa shape index (κ3) is 2.81. The SMILES string of the molecule is O=[N+]([O-])c1c(N2CC=CCC2)ncnc1N1CCCCC1. The first-order valence-electron chi connectivity index (χ1n) is 7.41. The van der Waals surface area contributed by atoms with Gasteiger partial charge in [-0.25, -0.2) is 9.97 Å². The van der Waals surface area contributed by atoms with Gasteiger partial charge in [0.2, 0.25) is 11.6 Å². The summed E-state index contributed by atoms with van der Waals surface area (Å²) in [6.07, 6.45) is 9.75. The molecule has 3 rings (SSSR count). The van der Waals surface area contributed by atoms with Gasteiger partial charge in [-0.05, 0) is 25.7 Å². The fourth-order valence-electron chi connectivity index (χ4n) is 2.93. The zero-order valence-corrected chi connectivity index (χ0v) is 11.9. The highest BCUT2D eigenvalue weighted by Crippen LogP contribution is 2.35. The van der Waals surface area contributed by atoms with Gasteiger partial charge in [0.25, 0.3) is 0 Å². The molecular weight excluding hydrogens is 270 g/mol. The first kappa shape index (κ1) is 13.8. The van der Waals surface area contributed by atoms with Crippen molar-refractivity contribution in [3.05, 3.63) is 28.6 Å². The van der Waals surface area contributed by atoms with Gasteiger partial charge in [-0.15, -0.1) is 0 Å².